The number of alkyl halides is 4. The Balaban J connectivity index is 2.17. The van der Waals surface area contributed by atoms with Gasteiger partial charge in [0.25, 0.3) is 0 Å². The van der Waals surface area contributed by atoms with Gasteiger partial charge in [0.1, 0.15) is 0 Å². The van der Waals surface area contributed by atoms with Crippen LogP contribution in [0.1, 0.15) is 39.5 Å². The van der Waals surface area contributed by atoms with Crippen LogP contribution in [-0.4, -0.2) is 34.8 Å². The maximum absolute atomic E-state index is 13.5. The standard InChI is InChI=1S/C16H22BrF3O4/c1-8-3-5-12-10(7-17)13(16(18,19)20)23-14-15(12,24-21)11(8)6-4-9(2)22-14/h8-9,11-12,14,21H,3-7H2,1-2H3/t8-,9+,11?,12+,14+,15-/m1/s1. The first kappa shape index (κ1) is 18.5. The van der Waals surface area contributed by atoms with Crippen LogP contribution in [-0.2, 0) is 14.4 Å². The van der Waals surface area contributed by atoms with Crippen LogP contribution < -0.4 is 0 Å². The summed E-state index contributed by atoms with van der Waals surface area (Å²) in [5.41, 5.74) is -1.19. The number of rotatable bonds is 2. The minimum Gasteiger partial charge on any atom is -0.456 e. The molecule has 0 amide bonds. The van der Waals surface area contributed by atoms with E-state index >= 15 is 0 Å². The third-order valence-corrected chi connectivity index (χ3v) is 6.43. The van der Waals surface area contributed by atoms with Gasteiger partial charge in [0.2, 0.25) is 12.0 Å². The molecule has 1 saturated carbocycles. The smallest absolute Gasteiger partial charge is 0.449 e. The molecule has 2 fully saturated rings. The second-order valence-corrected chi connectivity index (χ2v) is 7.68. The molecule has 0 radical (unpaired) electrons. The molecule has 3 rings (SSSR count). The summed E-state index contributed by atoms with van der Waals surface area (Å²) in [5.74, 6) is -1.52. The Morgan fingerprint density at radius 3 is 2.54 bits per heavy atom. The molecule has 1 aliphatic carbocycles. The Morgan fingerprint density at radius 2 is 1.96 bits per heavy atom. The Hall–Kier alpha value is -0.310. The van der Waals surface area contributed by atoms with Crippen molar-refractivity contribution in [2.24, 2.45) is 17.8 Å². The normalized spacial score (nSPS) is 43.0. The molecule has 2 heterocycles. The van der Waals surface area contributed by atoms with Crippen LogP contribution in [0.25, 0.3) is 0 Å². The average molecular weight is 415 g/mol. The fraction of sp³-hybridized carbons (Fsp3) is 0.875. The van der Waals surface area contributed by atoms with E-state index in [-0.39, 0.29) is 28.8 Å². The first-order chi connectivity index (χ1) is 11.3. The van der Waals surface area contributed by atoms with Crippen LogP contribution in [0.3, 0.4) is 0 Å². The maximum Gasteiger partial charge on any atom is 0.449 e. The van der Waals surface area contributed by atoms with Gasteiger partial charge in [0, 0.05) is 17.2 Å². The molecule has 0 aromatic heterocycles. The molecule has 0 bridgehead atoms. The van der Waals surface area contributed by atoms with Gasteiger partial charge in [-0.2, -0.15) is 13.2 Å². The van der Waals surface area contributed by atoms with Crippen LogP contribution in [0.2, 0.25) is 0 Å². The highest BCUT2D eigenvalue weighted by Crippen LogP contribution is 2.57. The zero-order valence-electron chi connectivity index (χ0n) is 13.6. The van der Waals surface area contributed by atoms with Gasteiger partial charge < -0.3 is 9.47 Å². The highest BCUT2D eigenvalue weighted by atomic mass is 79.9. The van der Waals surface area contributed by atoms with Crippen molar-refractivity contribution in [1.82, 2.24) is 0 Å². The van der Waals surface area contributed by atoms with Crippen molar-refractivity contribution >= 4 is 15.9 Å². The van der Waals surface area contributed by atoms with Gasteiger partial charge >= 0.3 is 6.18 Å². The van der Waals surface area contributed by atoms with Crippen molar-refractivity contribution < 1.29 is 32.8 Å². The molecular formula is C16H22BrF3O4. The highest BCUT2D eigenvalue weighted by Gasteiger charge is 2.65. The summed E-state index contributed by atoms with van der Waals surface area (Å²) in [4.78, 5) is 4.97. The second-order valence-electron chi connectivity index (χ2n) is 7.12. The van der Waals surface area contributed by atoms with Gasteiger partial charge in [-0.05, 0) is 44.1 Å². The lowest BCUT2D eigenvalue weighted by atomic mass is 9.59. The predicted molar refractivity (Wildman–Crippen MR) is 83.4 cm³/mol. The van der Waals surface area contributed by atoms with Gasteiger partial charge in [-0.3, -0.25) is 5.26 Å². The van der Waals surface area contributed by atoms with E-state index in [1.807, 2.05) is 13.8 Å². The summed E-state index contributed by atoms with van der Waals surface area (Å²) in [5, 5.41) is 9.85. The van der Waals surface area contributed by atoms with E-state index in [1.54, 1.807) is 0 Å². The van der Waals surface area contributed by atoms with Gasteiger partial charge in [0.05, 0.1) is 6.10 Å². The SMILES string of the molecule is C[C@@H]1CC[C@H]2C(CBr)=C(C(F)(F)F)O[C@@H]3O[C@@H](C)CCC1[C@]32OO. The van der Waals surface area contributed by atoms with Crippen LogP contribution in [0.15, 0.2) is 11.3 Å². The average Bonchev–Trinajstić information content (AvgIpc) is 2.66. The summed E-state index contributed by atoms with van der Waals surface area (Å²) in [6.45, 7) is 3.86. The fourth-order valence-corrected chi connectivity index (χ4v) is 5.34. The molecule has 1 unspecified atom stereocenters. The number of halogens is 4. The second kappa shape index (κ2) is 6.45. The van der Waals surface area contributed by atoms with Crippen molar-refractivity contribution in [3.05, 3.63) is 11.3 Å². The third kappa shape index (κ3) is 2.70. The minimum atomic E-state index is -4.61. The van der Waals surface area contributed by atoms with E-state index in [2.05, 4.69) is 15.9 Å². The molecule has 8 heteroatoms. The Labute approximate surface area is 147 Å². The molecule has 0 aromatic rings. The fourth-order valence-electron chi connectivity index (χ4n) is 4.69. The third-order valence-electron chi connectivity index (χ3n) is 5.83. The first-order valence-electron chi connectivity index (χ1n) is 8.26. The zero-order valence-corrected chi connectivity index (χ0v) is 15.2. The van der Waals surface area contributed by atoms with Gasteiger partial charge in [-0.25, -0.2) is 4.89 Å². The molecule has 6 atom stereocenters. The van der Waals surface area contributed by atoms with Crippen LogP contribution in [0.5, 0.6) is 0 Å². The zero-order chi connectivity index (χ0) is 17.7. The minimum absolute atomic E-state index is 0.0149. The van der Waals surface area contributed by atoms with E-state index in [9.17, 15) is 18.4 Å². The number of hydrogen-bond donors (Lipinski definition) is 1. The topological polar surface area (TPSA) is 47.9 Å². The summed E-state index contributed by atoms with van der Waals surface area (Å²) >= 11 is 3.17. The quantitative estimate of drug-likeness (QED) is 0.406. The van der Waals surface area contributed by atoms with E-state index in [0.717, 1.165) is 12.8 Å². The summed E-state index contributed by atoms with van der Waals surface area (Å²) in [6, 6.07) is 0. The van der Waals surface area contributed by atoms with Crippen molar-refractivity contribution in [3.63, 3.8) is 0 Å². The molecular weight excluding hydrogens is 393 g/mol. The molecule has 3 aliphatic rings. The van der Waals surface area contributed by atoms with Crippen molar-refractivity contribution in [3.8, 4) is 0 Å². The monoisotopic (exact) mass is 414 g/mol. The Morgan fingerprint density at radius 1 is 1.25 bits per heavy atom. The lowest BCUT2D eigenvalue weighted by Crippen LogP contribution is -2.64. The van der Waals surface area contributed by atoms with E-state index in [1.165, 1.54) is 0 Å². The van der Waals surface area contributed by atoms with Crippen LogP contribution in [0, 0.1) is 17.8 Å². The Kier molecular flexibility index (Phi) is 4.96. The number of hydrogen-bond acceptors (Lipinski definition) is 4. The largest absolute Gasteiger partial charge is 0.456 e. The van der Waals surface area contributed by atoms with Gasteiger partial charge in [0.15, 0.2) is 5.60 Å². The first-order valence-corrected chi connectivity index (χ1v) is 9.38. The molecule has 24 heavy (non-hydrogen) atoms. The van der Waals surface area contributed by atoms with Crippen molar-refractivity contribution in [2.45, 2.75) is 63.7 Å². The van der Waals surface area contributed by atoms with E-state index < -0.39 is 29.7 Å². The lowest BCUT2D eigenvalue weighted by molar-refractivity contribution is -0.419. The molecule has 138 valence electrons. The van der Waals surface area contributed by atoms with Gasteiger partial charge in [-0.1, -0.05) is 22.9 Å². The van der Waals surface area contributed by atoms with E-state index in [4.69, 9.17) is 14.4 Å². The molecule has 2 aliphatic heterocycles. The lowest BCUT2D eigenvalue weighted by Gasteiger charge is -2.54. The molecule has 0 aromatic carbocycles. The summed E-state index contributed by atoms with van der Waals surface area (Å²) in [6.07, 6.45) is -3.45. The number of allylic oxidation sites excluding steroid dienone is 1. The summed E-state index contributed by atoms with van der Waals surface area (Å²) < 4.78 is 51.6. The number of ether oxygens (including phenoxy) is 2. The highest BCUT2D eigenvalue weighted by molar-refractivity contribution is 9.09. The van der Waals surface area contributed by atoms with Gasteiger partial charge in [-0.15, -0.1) is 0 Å². The molecule has 1 saturated heterocycles. The summed E-state index contributed by atoms with van der Waals surface area (Å²) in [7, 11) is 0. The van der Waals surface area contributed by atoms with Crippen LogP contribution >= 0.6 is 15.9 Å². The van der Waals surface area contributed by atoms with E-state index in [0.29, 0.717) is 12.8 Å². The predicted octanol–water partition coefficient (Wildman–Crippen LogP) is 4.64. The molecule has 4 nitrogen and oxygen atoms in total. The molecule has 0 spiro atoms. The van der Waals surface area contributed by atoms with Crippen molar-refractivity contribution in [1.29, 1.82) is 0 Å². The van der Waals surface area contributed by atoms with Crippen molar-refractivity contribution in [2.75, 3.05) is 5.33 Å². The Bertz CT molecular complexity index is 524. The van der Waals surface area contributed by atoms with Crippen LogP contribution in [0.4, 0.5) is 13.2 Å². The molecule has 1 N–H and O–H groups in total. The maximum atomic E-state index is 13.5.